The Hall–Kier alpha value is -3.42. The molecule has 0 saturated carbocycles. The second-order valence-corrected chi connectivity index (χ2v) is 9.41. The van der Waals surface area contributed by atoms with Crippen LogP contribution < -0.4 is 5.56 Å². The number of allylic oxidation sites excluding steroid dienone is 1. The first kappa shape index (κ1) is 21.4. The zero-order valence-corrected chi connectivity index (χ0v) is 19.5. The average molecular weight is 473 g/mol. The summed E-state index contributed by atoms with van der Waals surface area (Å²) in [4.78, 5) is 31.7. The van der Waals surface area contributed by atoms with E-state index in [4.69, 9.17) is 9.40 Å². The zero-order valence-electron chi connectivity index (χ0n) is 17.9. The second kappa shape index (κ2) is 8.84. The van der Waals surface area contributed by atoms with Gasteiger partial charge in [-0.25, -0.2) is 4.98 Å². The number of hydrogen-bond acceptors (Lipinski definition) is 6. The van der Waals surface area contributed by atoms with Gasteiger partial charge in [-0.05, 0) is 35.9 Å². The predicted molar refractivity (Wildman–Crippen MR) is 136 cm³/mol. The number of aromatic nitrogens is 2. The molecule has 0 spiro atoms. The Morgan fingerprint density at radius 1 is 1.18 bits per heavy atom. The number of thiophene rings is 1. The van der Waals surface area contributed by atoms with Gasteiger partial charge in [0.25, 0.3) is 5.56 Å². The van der Waals surface area contributed by atoms with Crippen molar-refractivity contribution in [1.82, 2.24) is 9.55 Å². The maximum atomic E-state index is 13.4. The molecule has 0 aliphatic heterocycles. The lowest BCUT2D eigenvalue weighted by molar-refractivity contribution is 0.102. The first-order valence-corrected chi connectivity index (χ1v) is 12.3. The maximum absolute atomic E-state index is 13.4. The van der Waals surface area contributed by atoms with E-state index in [9.17, 15) is 9.59 Å². The number of aryl methyl sites for hydroxylation is 1. The topological polar surface area (TPSA) is 65.1 Å². The van der Waals surface area contributed by atoms with Crippen LogP contribution in [-0.2, 0) is 6.54 Å². The minimum absolute atomic E-state index is 0.0109. The van der Waals surface area contributed by atoms with Gasteiger partial charge >= 0.3 is 0 Å². The fourth-order valence-corrected chi connectivity index (χ4v) is 5.61. The molecule has 2 aromatic carbocycles. The molecule has 0 N–H and O–H groups in total. The minimum atomic E-state index is -0.161. The van der Waals surface area contributed by atoms with Gasteiger partial charge in [-0.3, -0.25) is 14.2 Å². The van der Waals surface area contributed by atoms with E-state index in [1.165, 1.54) is 23.1 Å². The monoisotopic (exact) mass is 472 g/mol. The van der Waals surface area contributed by atoms with Crippen molar-refractivity contribution in [2.24, 2.45) is 0 Å². The Balaban J connectivity index is 1.48. The van der Waals surface area contributed by atoms with Crippen LogP contribution in [0.4, 0.5) is 0 Å². The van der Waals surface area contributed by atoms with E-state index in [-0.39, 0.29) is 17.1 Å². The molecule has 0 fully saturated rings. The molecule has 5 aromatic rings. The number of furan rings is 1. The molecule has 0 aliphatic carbocycles. The van der Waals surface area contributed by atoms with Crippen LogP contribution >= 0.6 is 23.1 Å². The fourth-order valence-electron chi connectivity index (χ4n) is 3.74. The van der Waals surface area contributed by atoms with Gasteiger partial charge in [0.1, 0.15) is 16.4 Å². The molecular weight excluding hydrogens is 452 g/mol. The molecule has 0 bridgehead atoms. The van der Waals surface area contributed by atoms with Gasteiger partial charge in [-0.1, -0.05) is 54.2 Å². The highest BCUT2D eigenvalue weighted by atomic mass is 32.2. The summed E-state index contributed by atoms with van der Waals surface area (Å²) in [6.45, 7) is 5.96. The van der Waals surface area contributed by atoms with Crippen molar-refractivity contribution in [3.63, 3.8) is 0 Å². The lowest BCUT2D eigenvalue weighted by Gasteiger charge is -2.10. The van der Waals surface area contributed by atoms with E-state index in [1.807, 2.05) is 66.9 Å². The average Bonchev–Trinajstić information content (AvgIpc) is 3.45. The molecule has 3 heterocycles. The molecule has 0 aliphatic rings. The normalized spacial score (nSPS) is 11.3. The van der Waals surface area contributed by atoms with Crippen molar-refractivity contribution >= 4 is 49.9 Å². The maximum Gasteiger partial charge on any atom is 0.263 e. The van der Waals surface area contributed by atoms with Gasteiger partial charge in [0, 0.05) is 23.1 Å². The Morgan fingerprint density at radius 3 is 2.76 bits per heavy atom. The van der Waals surface area contributed by atoms with Crippen LogP contribution in [0.25, 0.3) is 32.3 Å². The number of thioether (sulfide) groups is 1. The fraction of sp³-hybridized carbons (Fsp3) is 0.115. The van der Waals surface area contributed by atoms with Crippen LogP contribution in [0, 0.1) is 6.92 Å². The molecule has 164 valence electrons. The molecule has 5 rings (SSSR count). The minimum Gasteiger partial charge on any atom is -0.461 e. The van der Waals surface area contributed by atoms with Crippen LogP contribution in [0.2, 0.25) is 0 Å². The summed E-state index contributed by atoms with van der Waals surface area (Å²) < 4.78 is 7.31. The summed E-state index contributed by atoms with van der Waals surface area (Å²) in [7, 11) is 0. The highest BCUT2D eigenvalue weighted by Gasteiger charge is 2.19. The highest BCUT2D eigenvalue weighted by molar-refractivity contribution is 7.99. The number of carbonyl (C=O) groups is 1. The summed E-state index contributed by atoms with van der Waals surface area (Å²) in [6.07, 6.45) is 1.66. The third-order valence-corrected chi connectivity index (χ3v) is 7.23. The summed E-state index contributed by atoms with van der Waals surface area (Å²) in [6, 6.07) is 17.4. The predicted octanol–water partition coefficient (Wildman–Crippen LogP) is 6.34. The number of Topliss-reactive ketones (excluding diaryl/α,β-unsaturated/α-hetero) is 1. The van der Waals surface area contributed by atoms with Gasteiger partial charge in [0.15, 0.2) is 10.9 Å². The summed E-state index contributed by atoms with van der Waals surface area (Å²) in [5, 5.41) is 5.04. The van der Waals surface area contributed by atoms with Crippen molar-refractivity contribution in [3.8, 4) is 11.3 Å². The Kier molecular flexibility index (Phi) is 5.74. The first-order chi connectivity index (χ1) is 16.0. The van der Waals surface area contributed by atoms with Gasteiger partial charge < -0.3 is 4.42 Å². The molecule has 3 aromatic heterocycles. The summed E-state index contributed by atoms with van der Waals surface area (Å²) in [5.41, 5.74) is 1.22. The SMILES string of the molecule is C=CCn1c(SCC(=O)c2ccc3ccccc3c2)nc2scc(-c3ccc(C)o3)c2c1=O. The van der Waals surface area contributed by atoms with Gasteiger partial charge in [0.05, 0.1) is 11.1 Å². The third kappa shape index (κ3) is 4.05. The third-order valence-electron chi connectivity index (χ3n) is 5.38. The standard InChI is InChI=1S/C26H20N2O3S2/c1-3-12-28-25(30)23-20(22-11-8-16(2)31-22)14-32-24(23)27-26(28)33-15-21(29)19-10-9-17-6-4-5-7-18(17)13-19/h3-11,13-14H,1,12,15H2,2H3. The van der Waals surface area contributed by atoms with E-state index in [2.05, 4.69) is 6.58 Å². The van der Waals surface area contributed by atoms with Crippen LogP contribution in [0.5, 0.6) is 0 Å². The molecule has 0 unspecified atom stereocenters. The van der Waals surface area contributed by atoms with E-state index in [1.54, 1.807) is 10.6 Å². The summed E-state index contributed by atoms with van der Waals surface area (Å²) >= 11 is 2.67. The molecule has 0 atom stereocenters. The van der Waals surface area contributed by atoms with Gasteiger partial charge in [-0.2, -0.15) is 0 Å². The Morgan fingerprint density at radius 2 is 2.00 bits per heavy atom. The van der Waals surface area contributed by atoms with E-state index in [0.29, 0.717) is 33.2 Å². The number of carbonyl (C=O) groups excluding carboxylic acids is 1. The van der Waals surface area contributed by atoms with Crippen LogP contribution in [0.3, 0.4) is 0 Å². The highest BCUT2D eigenvalue weighted by Crippen LogP contribution is 2.33. The van der Waals surface area contributed by atoms with Crippen LogP contribution in [-0.4, -0.2) is 21.1 Å². The molecular formula is C26H20N2O3S2. The van der Waals surface area contributed by atoms with E-state index >= 15 is 0 Å². The van der Waals surface area contributed by atoms with Crippen molar-refractivity contribution in [1.29, 1.82) is 0 Å². The number of hydrogen-bond donors (Lipinski definition) is 0. The smallest absolute Gasteiger partial charge is 0.263 e. The molecule has 5 nitrogen and oxygen atoms in total. The Labute approximate surface area is 198 Å². The van der Waals surface area contributed by atoms with Gasteiger partial charge in [0.2, 0.25) is 0 Å². The second-order valence-electron chi connectivity index (χ2n) is 7.61. The number of nitrogens with zero attached hydrogens (tertiary/aromatic N) is 2. The Bertz CT molecular complexity index is 1580. The van der Waals surface area contributed by atoms with Gasteiger partial charge in [-0.15, -0.1) is 17.9 Å². The molecule has 7 heteroatoms. The summed E-state index contributed by atoms with van der Waals surface area (Å²) in [5.74, 6) is 1.60. The zero-order chi connectivity index (χ0) is 22.9. The lowest BCUT2D eigenvalue weighted by Crippen LogP contribution is -2.23. The lowest BCUT2D eigenvalue weighted by atomic mass is 10.1. The quantitative estimate of drug-likeness (QED) is 0.120. The number of ketones is 1. The van der Waals surface area contributed by atoms with E-state index in [0.717, 1.165) is 22.1 Å². The van der Waals surface area contributed by atoms with Crippen molar-refractivity contribution in [2.75, 3.05) is 5.75 Å². The van der Waals surface area contributed by atoms with E-state index < -0.39 is 0 Å². The van der Waals surface area contributed by atoms with Crippen LogP contribution in [0.1, 0.15) is 16.1 Å². The van der Waals surface area contributed by atoms with Crippen molar-refractivity contribution in [2.45, 2.75) is 18.6 Å². The number of fused-ring (bicyclic) bond motifs is 2. The van der Waals surface area contributed by atoms with Crippen molar-refractivity contribution in [3.05, 3.63) is 94.3 Å². The molecule has 33 heavy (non-hydrogen) atoms. The molecule has 0 saturated heterocycles. The number of benzene rings is 2. The number of rotatable bonds is 7. The molecule has 0 amide bonds. The largest absolute Gasteiger partial charge is 0.461 e. The van der Waals surface area contributed by atoms with Crippen LogP contribution in [0.15, 0.2) is 87.0 Å². The molecule has 0 radical (unpaired) electrons. The first-order valence-electron chi connectivity index (χ1n) is 10.4. The van der Waals surface area contributed by atoms with Crippen molar-refractivity contribution < 1.29 is 9.21 Å².